The van der Waals surface area contributed by atoms with Crippen molar-refractivity contribution in [2.75, 3.05) is 57.3 Å². The van der Waals surface area contributed by atoms with Gasteiger partial charge >= 0.3 is 0 Å². The molecule has 4 aliphatic rings. The maximum atomic E-state index is 13.2. The summed E-state index contributed by atoms with van der Waals surface area (Å²) in [6.07, 6.45) is 4.78. The molecule has 0 aliphatic carbocycles. The van der Waals surface area contributed by atoms with Crippen LogP contribution in [0.2, 0.25) is 0 Å². The Kier molecular flexibility index (Phi) is 7.19. The minimum atomic E-state index is -0.362. The highest BCUT2D eigenvalue weighted by molar-refractivity contribution is 5.89. The number of piperidine rings is 1. The Morgan fingerprint density at radius 3 is 2.39 bits per heavy atom. The Morgan fingerprint density at radius 2 is 1.72 bits per heavy atom. The third kappa shape index (κ3) is 5.08. The lowest BCUT2D eigenvalue weighted by Crippen LogP contribution is -2.52. The van der Waals surface area contributed by atoms with Gasteiger partial charge in [0.1, 0.15) is 11.9 Å². The molecule has 0 saturated carbocycles. The molecule has 0 bridgehead atoms. The minimum Gasteiger partial charge on any atom is -0.369 e. The molecule has 4 heterocycles. The first-order valence-corrected chi connectivity index (χ1v) is 13.4. The van der Waals surface area contributed by atoms with E-state index < -0.39 is 0 Å². The van der Waals surface area contributed by atoms with E-state index in [0.29, 0.717) is 32.5 Å². The minimum absolute atomic E-state index is 0.0331. The van der Waals surface area contributed by atoms with Gasteiger partial charge in [0.25, 0.3) is 0 Å². The lowest BCUT2D eigenvalue weighted by Gasteiger charge is -2.39. The van der Waals surface area contributed by atoms with Crippen LogP contribution in [0.1, 0.15) is 45.4 Å². The Balaban J connectivity index is 1.07. The van der Waals surface area contributed by atoms with Crippen molar-refractivity contribution in [1.82, 2.24) is 20.0 Å². The molecule has 4 aliphatic heterocycles. The highest BCUT2D eigenvalue weighted by Gasteiger charge is 2.49. The molecule has 3 amide bonds. The van der Waals surface area contributed by atoms with E-state index in [-0.39, 0.29) is 41.0 Å². The molecule has 9 heteroatoms. The highest BCUT2D eigenvalue weighted by Crippen LogP contribution is 2.41. The van der Waals surface area contributed by atoms with Crippen molar-refractivity contribution in [3.05, 3.63) is 30.1 Å². The number of piperazine rings is 1. The zero-order valence-corrected chi connectivity index (χ0v) is 21.3. The number of benzene rings is 1. The van der Waals surface area contributed by atoms with Crippen LogP contribution in [0.3, 0.4) is 0 Å². The van der Waals surface area contributed by atoms with E-state index in [1.165, 1.54) is 19.1 Å². The van der Waals surface area contributed by atoms with Crippen molar-refractivity contribution in [1.29, 1.82) is 0 Å². The van der Waals surface area contributed by atoms with E-state index in [0.717, 1.165) is 64.1 Å². The van der Waals surface area contributed by atoms with E-state index >= 15 is 0 Å². The summed E-state index contributed by atoms with van der Waals surface area (Å²) in [5.41, 5.74) is 0.700. The summed E-state index contributed by atoms with van der Waals surface area (Å²) in [7, 11) is 0. The maximum Gasteiger partial charge on any atom is 0.245 e. The fraction of sp³-hybridized carbons (Fsp3) is 0.667. The molecule has 196 valence electrons. The molecule has 0 aromatic heterocycles. The maximum absolute atomic E-state index is 13.2. The molecule has 4 fully saturated rings. The number of amides is 3. The van der Waals surface area contributed by atoms with E-state index in [1.807, 2.05) is 17.0 Å². The van der Waals surface area contributed by atoms with Gasteiger partial charge in [-0.25, -0.2) is 4.39 Å². The number of likely N-dealkylation sites (tertiary alicyclic amines) is 2. The van der Waals surface area contributed by atoms with Crippen LogP contribution < -0.4 is 10.2 Å². The normalized spacial score (nSPS) is 26.5. The number of carbonyl (C=O) groups excluding carboxylic acids is 3. The van der Waals surface area contributed by atoms with Crippen LogP contribution in [0.4, 0.5) is 10.1 Å². The second kappa shape index (κ2) is 10.4. The number of rotatable bonds is 5. The Bertz CT molecular complexity index is 970. The van der Waals surface area contributed by atoms with Gasteiger partial charge in [-0.15, -0.1) is 0 Å². The summed E-state index contributed by atoms with van der Waals surface area (Å²) >= 11 is 0. The fourth-order valence-corrected chi connectivity index (χ4v) is 6.55. The third-order valence-corrected chi connectivity index (χ3v) is 8.79. The summed E-state index contributed by atoms with van der Waals surface area (Å²) in [5, 5.41) is 3.25. The summed E-state index contributed by atoms with van der Waals surface area (Å²) < 4.78 is 13.2. The number of hydrogen-bond donors (Lipinski definition) is 1. The van der Waals surface area contributed by atoms with Crippen LogP contribution in [0, 0.1) is 11.2 Å². The van der Waals surface area contributed by atoms with E-state index in [9.17, 15) is 18.8 Å². The molecule has 1 unspecified atom stereocenters. The molecule has 4 saturated heterocycles. The predicted octanol–water partition coefficient (Wildman–Crippen LogP) is 1.85. The van der Waals surface area contributed by atoms with Gasteiger partial charge in [0, 0.05) is 71.0 Å². The molecular formula is C27H38FN5O3. The fourth-order valence-electron chi connectivity index (χ4n) is 6.55. The second-order valence-electron chi connectivity index (χ2n) is 10.9. The molecule has 2 atom stereocenters. The van der Waals surface area contributed by atoms with Crippen LogP contribution in [0.15, 0.2) is 24.3 Å². The quantitative estimate of drug-likeness (QED) is 0.669. The summed E-state index contributed by atoms with van der Waals surface area (Å²) in [6, 6.07) is 6.55. The molecule has 1 N–H and O–H groups in total. The first-order valence-electron chi connectivity index (χ1n) is 13.4. The van der Waals surface area contributed by atoms with Gasteiger partial charge < -0.3 is 20.0 Å². The SMILES string of the molecule is CC(=O)N1CCCC1C(=O)N1CCC2(CC1)C[C@H](CCN1CCN(c3ccc(F)cc3)CC1)NC2=O. The van der Waals surface area contributed by atoms with Crippen molar-refractivity contribution in [2.45, 2.75) is 57.5 Å². The third-order valence-electron chi connectivity index (χ3n) is 8.79. The molecule has 0 radical (unpaired) electrons. The van der Waals surface area contributed by atoms with Gasteiger partial charge in [0.05, 0.1) is 5.41 Å². The van der Waals surface area contributed by atoms with Gasteiger partial charge in [-0.3, -0.25) is 19.3 Å². The Morgan fingerprint density at radius 1 is 1.03 bits per heavy atom. The predicted molar refractivity (Wildman–Crippen MR) is 135 cm³/mol. The zero-order valence-electron chi connectivity index (χ0n) is 21.3. The smallest absolute Gasteiger partial charge is 0.245 e. The Hall–Kier alpha value is -2.68. The van der Waals surface area contributed by atoms with Crippen LogP contribution in [0.25, 0.3) is 0 Å². The van der Waals surface area contributed by atoms with Gasteiger partial charge in [0.15, 0.2) is 0 Å². The molecule has 1 aromatic carbocycles. The van der Waals surface area contributed by atoms with Crippen LogP contribution in [-0.2, 0) is 14.4 Å². The van der Waals surface area contributed by atoms with E-state index in [2.05, 4.69) is 15.1 Å². The lowest BCUT2D eigenvalue weighted by atomic mass is 9.75. The second-order valence-corrected chi connectivity index (χ2v) is 10.9. The van der Waals surface area contributed by atoms with Gasteiger partial charge in [0.2, 0.25) is 17.7 Å². The molecule has 8 nitrogen and oxygen atoms in total. The number of nitrogens with one attached hydrogen (secondary N) is 1. The average molecular weight is 500 g/mol. The number of hydrogen-bond acceptors (Lipinski definition) is 5. The van der Waals surface area contributed by atoms with Crippen molar-refractivity contribution in [2.24, 2.45) is 5.41 Å². The molecule has 1 aromatic rings. The number of carbonyl (C=O) groups is 3. The molecule has 1 spiro atoms. The summed E-state index contributed by atoms with van der Waals surface area (Å²) in [4.78, 5) is 46.3. The molecule has 5 rings (SSSR count). The first kappa shape index (κ1) is 25.0. The van der Waals surface area contributed by atoms with Gasteiger partial charge in [-0.1, -0.05) is 0 Å². The summed E-state index contributed by atoms with van der Waals surface area (Å²) in [5.74, 6) is -0.0482. The first-order chi connectivity index (χ1) is 17.3. The molecular weight excluding hydrogens is 461 g/mol. The van der Waals surface area contributed by atoms with Crippen LogP contribution in [0.5, 0.6) is 0 Å². The Labute approximate surface area is 212 Å². The zero-order chi connectivity index (χ0) is 25.3. The van der Waals surface area contributed by atoms with Crippen molar-refractivity contribution >= 4 is 23.4 Å². The number of halogens is 1. The van der Waals surface area contributed by atoms with Crippen molar-refractivity contribution in [3.8, 4) is 0 Å². The van der Waals surface area contributed by atoms with Crippen molar-refractivity contribution in [3.63, 3.8) is 0 Å². The lowest BCUT2D eigenvalue weighted by molar-refractivity contribution is -0.145. The van der Waals surface area contributed by atoms with Crippen LogP contribution in [-0.4, -0.2) is 96.9 Å². The topological polar surface area (TPSA) is 76.2 Å². The number of nitrogens with zero attached hydrogens (tertiary/aromatic N) is 4. The van der Waals surface area contributed by atoms with E-state index in [4.69, 9.17) is 0 Å². The number of anilines is 1. The van der Waals surface area contributed by atoms with Gasteiger partial charge in [-0.05, 0) is 62.8 Å². The van der Waals surface area contributed by atoms with Crippen molar-refractivity contribution < 1.29 is 18.8 Å². The average Bonchev–Trinajstić information content (AvgIpc) is 3.49. The van der Waals surface area contributed by atoms with Crippen LogP contribution >= 0.6 is 0 Å². The standard InChI is InChI=1S/C27H38FN5O3/c1-20(34)33-11-2-3-24(33)25(35)32-13-9-27(10-14-32)19-22(29-26(27)36)8-12-30-15-17-31(18-16-30)23-6-4-21(28)5-7-23/h4-7,22,24H,2-3,8-19H2,1H3,(H,29,36)/t22-,24?/m0/s1. The molecule has 36 heavy (non-hydrogen) atoms. The monoisotopic (exact) mass is 499 g/mol. The summed E-state index contributed by atoms with van der Waals surface area (Å²) in [6.45, 7) is 8.07. The highest BCUT2D eigenvalue weighted by atomic mass is 19.1. The van der Waals surface area contributed by atoms with Gasteiger partial charge in [-0.2, -0.15) is 0 Å². The van der Waals surface area contributed by atoms with E-state index in [1.54, 1.807) is 4.90 Å². The largest absolute Gasteiger partial charge is 0.369 e.